The predicted octanol–water partition coefficient (Wildman–Crippen LogP) is 2.22. The van der Waals surface area contributed by atoms with E-state index in [9.17, 15) is 0 Å². The monoisotopic (exact) mass is 292 g/mol. The molecule has 21 heavy (non-hydrogen) atoms. The summed E-state index contributed by atoms with van der Waals surface area (Å²) in [6.07, 6.45) is 9.89. The fourth-order valence-electron chi connectivity index (χ4n) is 3.65. The van der Waals surface area contributed by atoms with Gasteiger partial charge in [-0.1, -0.05) is 6.42 Å². The Morgan fingerprint density at radius 1 is 1.14 bits per heavy atom. The van der Waals surface area contributed by atoms with E-state index in [0.717, 1.165) is 38.1 Å². The van der Waals surface area contributed by atoms with Gasteiger partial charge in [-0.05, 0) is 69.9 Å². The van der Waals surface area contributed by atoms with Crippen LogP contribution in [0.3, 0.4) is 0 Å². The molecule has 0 radical (unpaired) electrons. The lowest BCUT2D eigenvalue weighted by molar-refractivity contribution is 0.232. The van der Waals surface area contributed by atoms with Gasteiger partial charge in [-0.3, -0.25) is 4.99 Å². The van der Waals surface area contributed by atoms with Crippen molar-refractivity contribution in [1.82, 2.24) is 15.5 Å². The molecular weight excluding hydrogens is 260 g/mol. The van der Waals surface area contributed by atoms with Gasteiger partial charge in [0.1, 0.15) is 0 Å². The molecule has 0 atom stereocenters. The zero-order valence-corrected chi connectivity index (χ0v) is 13.7. The van der Waals surface area contributed by atoms with Crippen molar-refractivity contribution in [3.63, 3.8) is 0 Å². The minimum absolute atomic E-state index is 0.606. The lowest BCUT2D eigenvalue weighted by atomic mass is 10.0. The van der Waals surface area contributed by atoms with Crippen LogP contribution in [0.5, 0.6) is 0 Å². The van der Waals surface area contributed by atoms with Gasteiger partial charge in [0.15, 0.2) is 5.96 Å². The van der Waals surface area contributed by atoms with Gasteiger partial charge in [0.25, 0.3) is 0 Å². The Kier molecular flexibility index (Phi) is 5.04. The third-order valence-electron chi connectivity index (χ3n) is 5.40. The van der Waals surface area contributed by atoms with Crippen molar-refractivity contribution < 1.29 is 0 Å². The average Bonchev–Trinajstić information content (AvgIpc) is 3.39. The van der Waals surface area contributed by atoms with E-state index >= 15 is 0 Å². The molecule has 1 saturated heterocycles. The van der Waals surface area contributed by atoms with Gasteiger partial charge in [-0.2, -0.15) is 0 Å². The smallest absolute Gasteiger partial charge is 0.191 e. The summed E-state index contributed by atoms with van der Waals surface area (Å²) in [5, 5.41) is 6.93. The molecule has 120 valence electrons. The van der Waals surface area contributed by atoms with E-state index in [1.165, 1.54) is 58.0 Å². The van der Waals surface area contributed by atoms with Crippen LogP contribution >= 0.6 is 0 Å². The van der Waals surface area contributed by atoms with Crippen molar-refractivity contribution in [3.05, 3.63) is 0 Å². The van der Waals surface area contributed by atoms with Gasteiger partial charge < -0.3 is 15.5 Å². The van der Waals surface area contributed by atoms with E-state index in [4.69, 9.17) is 4.99 Å². The van der Waals surface area contributed by atoms with E-state index in [1.54, 1.807) is 0 Å². The summed E-state index contributed by atoms with van der Waals surface area (Å²) >= 11 is 0. The molecule has 4 nitrogen and oxygen atoms in total. The Labute approximate surface area is 129 Å². The first-order valence-electron chi connectivity index (χ1n) is 9.07. The first-order chi connectivity index (χ1) is 10.3. The van der Waals surface area contributed by atoms with Crippen LogP contribution in [-0.4, -0.2) is 50.1 Å². The van der Waals surface area contributed by atoms with Gasteiger partial charge in [-0.15, -0.1) is 0 Å². The number of nitrogens with one attached hydrogen (secondary N) is 2. The highest BCUT2D eigenvalue weighted by atomic mass is 15.2. The third kappa shape index (κ3) is 4.35. The molecule has 2 aliphatic carbocycles. The second-order valence-electron chi connectivity index (χ2n) is 7.16. The fourth-order valence-corrected chi connectivity index (χ4v) is 3.65. The fraction of sp³-hybridized carbons (Fsp3) is 0.941. The zero-order valence-electron chi connectivity index (χ0n) is 13.7. The van der Waals surface area contributed by atoms with Crippen molar-refractivity contribution in [2.75, 3.05) is 39.3 Å². The molecule has 3 rings (SSSR count). The minimum atomic E-state index is 0.606. The second-order valence-corrected chi connectivity index (χ2v) is 7.16. The van der Waals surface area contributed by atoms with Crippen LogP contribution in [0.25, 0.3) is 0 Å². The van der Waals surface area contributed by atoms with Gasteiger partial charge in [-0.25, -0.2) is 0 Å². The van der Waals surface area contributed by atoms with Gasteiger partial charge >= 0.3 is 0 Å². The summed E-state index contributed by atoms with van der Waals surface area (Å²) in [5.41, 5.74) is 0.606. The maximum absolute atomic E-state index is 4.87. The summed E-state index contributed by atoms with van der Waals surface area (Å²) in [7, 11) is 0. The number of nitrogens with zero attached hydrogens (tertiary/aromatic N) is 2. The number of likely N-dealkylation sites (tertiary alicyclic amines) is 1. The number of rotatable bonds is 7. The van der Waals surface area contributed by atoms with Crippen LogP contribution in [0, 0.1) is 11.3 Å². The first kappa shape index (κ1) is 15.1. The predicted molar refractivity (Wildman–Crippen MR) is 88.7 cm³/mol. The van der Waals surface area contributed by atoms with Crippen molar-refractivity contribution in [3.8, 4) is 0 Å². The molecule has 3 aliphatic rings. The van der Waals surface area contributed by atoms with E-state index < -0.39 is 0 Å². The largest absolute Gasteiger partial charge is 0.357 e. The Hall–Kier alpha value is -0.770. The summed E-state index contributed by atoms with van der Waals surface area (Å²) in [5.74, 6) is 2.03. The Morgan fingerprint density at radius 3 is 2.52 bits per heavy atom. The maximum atomic E-state index is 4.87. The van der Waals surface area contributed by atoms with E-state index in [1.807, 2.05) is 0 Å². The summed E-state index contributed by atoms with van der Waals surface area (Å²) in [4.78, 5) is 7.44. The summed E-state index contributed by atoms with van der Waals surface area (Å²) in [6, 6.07) is 0. The molecule has 3 fully saturated rings. The Morgan fingerprint density at radius 2 is 1.90 bits per heavy atom. The molecule has 2 N–H and O–H groups in total. The van der Waals surface area contributed by atoms with Gasteiger partial charge in [0.05, 0.1) is 0 Å². The van der Waals surface area contributed by atoms with Gasteiger partial charge in [0, 0.05) is 26.2 Å². The normalized spacial score (nSPS) is 25.7. The first-order valence-corrected chi connectivity index (χ1v) is 9.07. The molecule has 4 heteroatoms. The highest BCUT2D eigenvalue weighted by Crippen LogP contribution is 2.61. The molecule has 1 aliphatic heterocycles. The third-order valence-corrected chi connectivity index (χ3v) is 5.40. The molecule has 2 saturated carbocycles. The average molecular weight is 292 g/mol. The number of piperidine rings is 1. The lowest BCUT2D eigenvalue weighted by Gasteiger charge is -2.26. The summed E-state index contributed by atoms with van der Waals surface area (Å²) in [6.45, 7) is 8.86. The molecule has 1 heterocycles. The van der Waals surface area contributed by atoms with Crippen LogP contribution in [0.1, 0.15) is 51.9 Å². The Bertz CT molecular complexity index is 352. The molecule has 0 bridgehead atoms. The van der Waals surface area contributed by atoms with E-state index in [2.05, 4.69) is 22.5 Å². The second kappa shape index (κ2) is 6.99. The molecule has 0 unspecified atom stereocenters. The van der Waals surface area contributed by atoms with E-state index in [0.29, 0.717) is 5.41 Å². The molecule has 0 spiro atoms. The standard InChI is InChI=1S/C17H32N4/c1-2-18-16(19-10-13-21-11-4-3-5-12-21)20-14-17(8-9-17)15-6-7-15/h15H,2-14H2,1H3,(H2,18,19,20). The van der Waals surface area contributed by atoms with Crippen LogP contribution in [-0.2, 0) is 0 Å². The van der Waals surface area contributed by atoms with Crippen LogP contribution in [0.4, 0.5) is 0 Å². The van der Waals surface area contributed by atoms with Crippen LogP contribution in [0.15, 0.2) is 4.99 Å². The van der Waals surface area contributed by atoms with Crippen LogP contribution in [0.2, 0.25) is 0 Å². The zero-order chi connectivity index (χ0) is 14.5. The summed E-state index contributed by atoms with van der Waals surface area (Å²) < 4.78 is 0. The van der Waals surface area contributed by atoms with Crippen molar-refractivity contribution in [1.29, 1.82) is 0 Å². The van der Waals surface area contributed by atoms with Gasteiger partial charge in [0.2, 0.25) is 0 Å². The van der Waals surface area contributed by atoms with Crippen LogP contribution < -0.4 is 10.6 Å². The topological polar surface area (TPSA) is 39.7 Å². The molecular formula is C17H32N4. The number of aliphatic imine (C=N–C) groups is 1. The molecule has 0 aromatic heterocycles. The highest BCUT2D eigenvalue weighted by Gasteiger charge is 2.53. The quantitative estimate of drug-likeness (QED) is 0.558. The maximum Gasteiger partial charge on any atom is 0.191 e. The SMILES string of the molecule is CCNC(=NCC1(C2CC2)CC1)NCCN1CCCCC1. The lowest BCUT2D eigenvalue weighted by Crippen LogP contribution is -2.43. The Balaban J connectivity index is 1.40. The van der Waals surface area contributed by atoms with Crippen molar-refractivity contribution in [2.24, 2.45) is 16.3 Å². The number of hydrogen-bond donors (Lipinski definition) is 2. The molecule has 0 aromatic rings. The molecule has 0 amide bonds. The number of hydrogen-bond acceptors (Lipinski definition) is 2. The highest BCUT2D eigenvalue weighted by molar-refractivity contribution is 5.79. The number of guanidine groups is 1. The van der Waals surface area contributed by atoms with E-state index in [-0.39, 0.29) is 0 Å². The molecule has 0 aromatic carbocycles. The van der Waals surface area contributed by atoms with Crippen molar-refractivity contribution in [2.45, 2.75) is 51.9 Å². The minimum Gasteiger partial charge on any atom is -0.357 e. The van der Waals surface area contributed by atoms with Crippen molar-refractivity contribution >= 4 is 5.96 Å².